The summed E-state index contributed by atoms with van der Waals surface area (Å²) in [5.41, 5.74) is 6.90. The number of rotatable bonds is 6. The van der Waals surface area contributed by atoms with Crippen molar-refractivity contribution in [3.63, 3.8) is 0 Å². The third-order valence-electron chi connectivity index (χ3n) is 2.74. The highest BCUT2D eigenvalue weighted by atomic mass is 32.2. The Morgan fingerprint density at radius 1 is 1.35 bits per heavy atom. The Balaban J connectivity index is 2.67. The second-order valence-corrected chi connectivity index (χ2v) is 5.71. The van der Waals surface area contributed by atoms with E-state index in [0.29, 0.717) is 17.0 Å². The van der Waals surface area contributed by atoms with Crippen LogP contribution in [0.15, 0.2) is 6.33 Å². The average Bonchev–Trinajstić information content (AvgIpc) is 2.28. The van der Waals surface area contributed by atoms with Crippen LogP contribution in [0, 0.1) is 0 Å². The van der Waals surface area contributed by atoms with Gasteiger partial charge in [0.1, 0.15) is 18.0 Å². The lowest BCUT2D eigenvalue weighted by molar-refractivity contribution is 0.825. The molecule has 17 heavy (non-hydrogen) atoms. The summed E-state index contributed by atoms with van der Waals surface area (Å²) < 4.78 is 0. The highest BCUT2D eigenvalue weighted by Crippen LogP contribution is 2.26. The van der Waals surface area contributed by atoms with Crippen molar-refractivity contribution in [2.24, 2.45) is 0 Å². The van der Waals surface area contributed by atoms with Gasteiger partial charge >= 0.3 is 0 Å². The molecule has 1 aromatic rings. The van der Waals surface area contributed by atoms with Crippen LogP contribution >= 0.6 is 11.8 Å². The van der Waals surface area contributed by atoms with Crippen LogP contribution in [0.5, 0.6) is 0 Å². The number of thioether (sulfide) groups is 1. The van der Waals surface area contributed by atoms with Crippen molar-refractivity contribution in [3.05, 3.63) is 11.9 Å². The second-order valence-electron chi connectivity index (χ2n) is 4.44. The summed E-state index contributed by atoms with van der Waals surface area (Å²) in [5.74, 6) is 1.79. The number of hydrogen-bond donors (Lipinski definition) is 2. The molecule has 0 bridgehead atoms. The molecule has 1 rings (SSSR count). The van der Waals surface area contributed by atoms with Crippen LogP contribution in [-0.2, 0) is 0 Å². The number of nitrogen functional groups attached to an aromatic ring is 1. The van der Waals surface area contributed by atoms with E-state index >= 15 is 0 Å². The topological polar surface area (TPSA) is 63.8 Å². The van der Waals surface area contributed by atoms with Gasteiger partial charge in [-0.1, -0.05) is 20.8 Å². The Morgan fingerprint density at radius 2 is 2.06 bits per heavy atom. The van der Waals surface area contributed by atoms with Crippen molar-refractivity contribution in [3.8, 4) is 0 Å². The first-order valence-electron chi connectivity index (χ1n) is 5.93. The van der Waals surface area contributed by atoms with E-state index in [2.05, 4.69) is 42.3 Å². The molecule has 0 aromatic carbocycles. The monoisotopic (exact) mass is 254 g/mol. The van der Waals surface area contributed by atoms with E-state index in [1.165, 1.54) is 6.33 Å². The summed E-state index contributed by atoms with van der Waals surface area (Å²) in [6, 6.07) is 0. The molecule has 3 N–H and O–H groups in total. The fourth-order valence-electron chi connectivity index (χ4n) is 1.63. The fraction of sp³-hybridized carbons (Fsp3) is 0.667. The van der Waals surface area contributed by atoms with Crippen molar-refractivity contribution in [1.29, 1.82) is 0 Å². The number of hydrogen-bond acceptors (Lipinski definition) is 5. The van der Waals surface area contributed by atoms with E-state index in [1.807, 2.05) is 11.8 Å². The molecule has 4 nitrogen and oxygen atoms in total. The van der Waals surface area contributed by atoms with E-state index in [4.69, 9.17) is 5.73 Å². The molecule has 0 radical (unpaired) electrons. The minimum Gasteiger partial charge on any atom is -0.383 e. The maximum atomic E-state index is 5.88. The summed E-state index contributed by atoms with van der Waals surface area (Å²) in [5, 5.41) is 4.01. The molecule has 0 aliphatic heterocycles. The molecule has 0 amide bonds. The van der Waals surface area contributed by atoms with E-state index in [1.54, 1.807) is 0 Å². The van der Waals surface area contributed by atoms with Gasteiger partial charge in [0.25, 0.3) is 0 Å². The lowest BCUT2D eigenvalue weighted by atomic mass is 10.0. The summed E-state index contributed by atoms with van der Waals surface area (Å²) in [7, 11) is 0. The lowest BCUT2D eigenvalue weighted by Gasteiger charge is -2.15. The van der Waals surface area contributed by atoms with Crippen molar-refractivity contribution in [2.75, 3.05) is 23.9 Å². The first kappa shape index (κ1) is 14.1. The summed E-state index contributed by atoms with van der Waals surface area (Å²) in [6.45, 7) is 7.34. The third-order valence-corrected chi connectivity index (χ3v) is 3.78. The molecule has 0 saturated carbocycles. The minimum absolute atomic E-state index is 0.330. The Hall–Kier alpha value is -0.970. The molecular weight excluding hydrogens is 232 g/mol. The Kier molecular flexibility index (Phi) is 5.55. The van der Waals surface area contributed by atoms with Crippen molar-refractivity contribution in [1.82, 2.24) is 9.97 Å². The summed E-state index contributed by atoms with van der Waals surface area (Å²) in [6.07, 6.45) is 4.76. The molecule has 1 heterocycles. The van der Waals surface area contributed by atoms with Crippen molar-refractivity contribution >= 4 is 23.4 Å². The zero-order valence-electron chi connectivity index (χ0n) is 11.0. The van der Waals surface area contributed by atoms with E-state index in [-0.39, 0.29) is 0 Å². The highest BCUT2D eigenvalue weighted by molar-refractivity contribution is 7.99. The van der Waals surface area contributed by atoms with Gasteiger partial charge in [0.15, 0.2) is 0 Å². The number of nitrogens with two attached hydrogens (primary N) is 1. The number of aromatic nitrogens is 2. The quantitative estimate of drug-likeness (QED) is 0.817. The van der Waals surface area contributed by atoms with Crippen LogP contribution in [0.2, 0.25) is 0 Å². The van der Waals surface area contributed by atoms with Crippen LogP contribution in [0.25, 0.3) is 0 Å². The highest BCUT2D eigenvalue weighted by Gasteiger charge is 2.12. The van der Waals surface area contributed by atoms with Crippen LogP contribution < -0.4 is 11.1 Å². The maximum Gasteiger partial charge on any atom is 0.134 e. The predicted molar refractivity (Wildman–Crippen MR) is 76.6 cm³/mol. The van der Waals surface area contributed by atoms with Gasteiger partial charge in [0.2, 0.25) is 0 Å². The van der Waals surface area contributed by atoms with Crippen LogP contribution in [0.4, 0.5) is 11.6 Å². The molecule has 0 aliphatic rings. The first-order chi connectivity index (χ1) is 8.06. The second kappa shape index (κ2) is 6.69. The minimum atomic E-state index is 0.330. The van der Waals surface area contributed by atoms with Gasteiger partial charge < -0.3 is 11.1 Å². The van der Waals surface area contributed by atoms with E-state index in [9.17, 15) is 0 Å². The Labute approximate surface area is 108 Å². The summed E-state index contributed by atoms with van der Waals surface area (Å²) >= 11 is 1.88. The van der Waals surface area contributed by atoms with Crippen molar-refractivity contribution in [2.45, 2.75) is 38.4 Å². The largest absolute Gasteiger partial charge is 0.383 e. The molecule has 1 aromatic heterocycles. The van der Waals surface area contributed by atoms with Crippen LogP contribution in [0.3, 0.4) is 0 Å². The third kappa shape index (κ3) is 4.07. The molecule has 0 spiro atoms. The first-order valence-corrected chi connectivity index (χ1v) is 7.22. The molecule has 0 saturated heterocycles. The zero-order chi connectivity index (χ0) is 12.8. The molecule has 0 aliphatic carbocycles. The SMILES string of the molecule is CSC(C)CCNc1ncnc(N)c1C(C)C. The predicted octanol–water partition coefficient (Wildman–Crippen LogP) is 2.74. The lowest BCUT2D eigenvalue weighted by Crippen LogP contribution is -2.13. The van der Waals surface area contributed by atoms with E-state index < -0.39 is 0 Å². The number of nitrogens with zero attached hydrogens (tertiary/aromatic N) is 2. The van der Waals surface area contributed by atoms with Gasteiger partial charge in [0.05, 0.1) is 0 Å². The van der Waals surface area contributed by atoms with Crippen LogP contribution in [-0.4, -0.2) is 28.0 Å². The van der Waals surface area contributed by atoms with Crippen molar-refractivity contribution < 1.29 is 0 Å². The average molecular weight is 254 g/mol. The van der Waals surface area contributed by atoms with Gasteiger partial charge in [-0.25, -0.2) is 9.97 Å². The van der Waals surface area contributed by atoms with Gasteiger partial charge in [-0.3, -0.25) is 0 Å². The molecular formula is C12H22N4S. The van der Waals surface area contributed by atoms with Gasteiger partial charge in [0, 0.05) is 17.4 Å². The van der Waals surface area contributed by atoms with E-state index in [0.717, 1.165) is 24.3 Å². The Morgan fingerprint density at radius 3 is 2.65 bits per heavy atom. The standard InChI is InChI=1S/C12H22N4S/c1-8(2)10-11(13)15-7-16-12(10)14-6-5-9(3)17-4/h7-9H,5-6H2,1-4H3,(H3,13,14,15,16). The fourth-order valence-corrected chi connectivity index (χ4v) is 1.98. The maximum absolute atomic E-state index is 5.88. The number of nitrogens with one attached hydrogen (secondary N) is 1. The molecule has 0 fully saturated rings. The van der Waals surface area contributed by atoms with Gasteiger partial charge in [-0.2, -0.15) is 11.8 Å². The van der Waals surface area contributed by atoms with Gasteiger partial charge in [-0.05, 0) is 18.6 Å². The Bertz CT molecular complexity index is 354. The molecule has 1 unspecified atom stereocenters. The summed E-state index contributed by atoms with van der Waals surface area (Å²) in [4.78, 5) is 8.32. The molecule has 96 valence electrons. The zero-order valence-corrected chi connectivity index (χ0v) is 11.8. The number of anilines is 2. The molecule has 5 heteroatoms. The smallest absolute Gasteiger partial charge is 0.134 e. The molecule has 1 atom stereocenters. The normalized spacial score (nSPS) is 12.8. The van der Waals surface area contributed by atoms with Gasteiger partial charge in [-0.15, -0.1) is 0 Å². The van der Waals surface area contributed by atoms with Crippen LogP contribution in [0.1, 0.15) is 38.7 Å².